The SMILES string of the molecule is Cc1cccc(-c2cc(NC(=O)C3=CC=CN4CCS(=O)(=O)N=C34)n(Cc3ccccc3)n2)c1. The van der Waals surface area contributed by atoms with E-state index in [1.165, 1.54) is 0 Å². The van der Waals surface area contributed by atoms with Gasteiger partial charge in [0.2, 0.25) is 0 Å². The molecule has 0 fully saturated rings. The maximum absolute atomic E-state index is 13.3. The van der Waals surface area contributed by atoms with Crippen LogP contribution < -0.4 is 5.32 Å². The Morgan fingerprint density at radius 1 is 1.09 bits per heavy atom. The summed E-state index contributed by atoms with van der Waals surface area (Å²) in [6, 6.07) is 19.7. The van der Waals surface area contributed by atoms with E-state index < -0.39 is 15.9 Å². The number of nitrogens with zero attached hydrogens (tertiary/aromatic N) is 4. The summed E-state index contributed by atoms with van der Waals surface area (Å²) < 4.78 is 29.7. The van der Waals surface area contributed by atoms with Gasteiger partial charge in [0.15, 0.2) is 5.84 Å². The van der Waals surface area contributed by atoms with Gasteiger partial charge >= 0.3 is 0 Å². The summed E-state index contributed by atoms with van der Waals surface area (Å²) in [6.45, 7) is 2.73. The topological polar surface area (TPSA) is 96.7 Å². The first-order chi connectivity index (χ1) is 16.4. The van der Waals surface area contributed by atoms with Crippen LogP contribution in [0.15, 0.2) is 89.0 Å². The molecular weight excluding hydrogens is 450 g/mol. The van der Waals surface area contributed by atoms with E-state index in [9.17, 15) is 13.2 Å². The highest BCUT2D eigenvalue weighted by molar-refractivity contribution is 7.90. The number of aryl methyl sites for hydroxylation is 1. The number of amidine groups is 1. The first-order valence-electron chi connectivity index (χ1n) is 10.9. The number of carbonyl (C=O) groups is 1. The van der Waals surface area contributed by atoms with Gasteiger partial charge < -0.3 is 10.2 Å². The van der Waals surface area contributed by atoms with Crippen molar-refractivity contribution in [2.45, 2.75) is 13.5 Å². The zero-order valence-corrected chi connectivity index (χ0v) is 19.4. The van der Waals surface area contributed by atoms with Gasteiger partial charge in [-0.15, -0.1) is 4.40 Å². The van der Waals surface area contributed by atoms with Crippen LogP contribution in [0.25, 0.3) is 11.3 Å². The molecule has 1 N–H and O–H groups in total. The predicted octanol–water partition coefficient (Wildman–Crippen LogP) is 3.34. The number of allylic oxidation sites excluding steroid dienone is 2. The molecule has 1 amide bonds. The van der Waals surface area contributed by atoms with Crippen molar-refractivity contribution in [3.05, 3.63) is 95.7 Å². The van der Waals surface area contributed by atoms with Crippen molar-refractivity contribution in [1.29, 1.82) is 0 Å². The summed E-state index contributed by atoms with van der Waals surface area (Å²) in [5, 5.41) is 7.67. The van der Waals surface area contributed by atoms with Crippen molar-refractivity contribution in [2.75, 3.05) is 17.6 Å². The molecule has 0 unspecified atom stereocenters. The molecule has 0 spiro atoms. The van der Waals surface area contributed by atoms with E-state index in [0.29, 0.717) is 12.4 Å². The molecule has 0 aliphatic carbocycles. The fourth-order valence-corrected chi connectivity index (χ4v) is 4.90. The number of aromatic nitrogens is 2. The van der Waals surface area contributed by atoms with Crippen molar-refractivity contribution < 1.29 is 13.2 Å². The molecular formula is C25H23N5O3S. The Balaban J connectivity index is 1.49. The van der Waals surface area contributed by atoms with E-state index in [-0.39, 0.29) is 23.7 Å². The normalized spacial score (nSPS) is 16.4. The molecule has 2 aromatic carbocycles. The zero-order valence-electron chi connectivity index (χ0n) is 18.5. The zero-order chi connectivity index (χ0) is 23.7. The summed E-state index contributed by atoms with van der Waals surface area (Å²) >= 11 is 0. The third-order valence-corrected chi connectivity index (χ3v) is 6.76. The quantitative estimate of drug-likeness (QED) is 0.613. The molecule has 34 heavy (non-hydrogen) atoms. The van der Waals surface area contributed by atoms with Crippen LogP contribution in [0.2, 0.25) is 0 Å². The fraction of sp³-hybridized carbons (Fsp3) is 0.160. The molecule has 172 valence electrons. The number of benzene rings is 2. The number of anilines is 1. The van der Waals surface area contributed by atoms with Crippen molar-refractivity contribution in [3.63, 3.8) is 0 Å². The van der Waals surface area contributed by atoms with Crippen molar-refractivity contribution >= 4 is 27.6 Å². The van der Waals surface area contributed by atoms with Crippen LogP contribution in [-0.2, 0) is 21.4 Å². The Bertz CT molecular complexity index is 1450. The average molecular weight is 474 g/mol. The number of fused-ring (bicyclic) bond motifs is 1. The lowest BCUT2D eigenvalue weighted by atomic mass is 10.1. The minimum Gasteiger partial charge on any atom is -0.331 e. The lowest BCUT2D eigenvalue weighted by Gasteiger charge is -2.28. The van der Waals surface area contributed by atoms with Crippen LogP contribution >= 0.6 is 0 Å². The Morgan fingerprint density at radius 3 is 2.71 bits per heavy atom. The summed E-state index contributed by atoms with van der Waals surface area (Å²) in [4.78, 5) is 15.0. The molecule has 2 aliphatic heterocycles. The monoisotopic (exact) mass is 473 g/mol. The lowest BCUT2D eigenvalue weighted by Crippen LogP contribution is -2.41. The van der Waals surface area contributed by atoms with Crippen LogP contribution in [0.1, 0.15) is 11.1 Å². The minimum absolute atomic E-state index is 0.0839. The molecule has 0 radical (unpaired) electrons. The molecule has 0 bridgehead atoms. The highest BCUT2D eigenvalue weighted by atomic mass is 32.2. The van der Waals surface area contributed by atoms with E-state index in [1.54, 1.807) is 27.9 Å². The van der Waals surface area contributed by atoms with Gasteiger partial charge in [0.25, 0.3) is 15.9 Å². The van der Waals surface area contributed by atoms with Crippen LogP contribution in [-0.4, -0.2) is 47.1 Å². The van der Waals surface area contributed by atoms with Crippen LogP contribution in [0.3, 0.4) is 0 Å². The second kappa shape index (κ2) is 8.75. The number of carbonyl (C=O) groups excluding carboxylic acids is 1. The summed E-state index contributed by atoms with van der Waals surface area (Å²) in [6.07, 6.45) is 5.01. The summed E-state index contributed by atoms with van der Waals surface area (Å²) in [5.74, 6) is 0.112. The van der Waals surface area contributed by atoms with E-state index in [2.05, 4.69) is 9.71 Å². The first kappa shape index (κ1) is 21.8. The van der Waals surface area contributed by atoms with Crippen molar-refractivity contribution in [2.24, 2.45) is 4.40 Å². The van der Waals surface area contributed by atoms with Gasteiger partial charge in [-0.05, 0) is 30.7 Å². The van der Waals surface area contributed by atoms with Gasteiger partial charge in [-0.2, -0.15) is 5.10 Å². The van der Waals surface area contributed by atoms with Crippen LogP contribution in [0.5, 0.6) is 0 Å². The minimum atomic E-state index is -3.60. The molecule has 1 aromatic heterocycles. The Kier molecular flexibility index (Phi) is 5.62. The van der Waals surface area contributed by atoms with Gasteiger partial charge in [-0.1, -0.05) is 54.1 Å². The summed E-state index contributed by atoms with van der Waals surface area (Å²) in [7, 11) is -3.60. The number of amides is 1. The van der Waals surface area contributed by atoms with Gasteiger partial charge in [0.1, 0.15) is 5.82 Å². The number of hydrogen-bond donors (Lipinski definition) is 1. The molecule has 0 atom stereocenters. The molecule has 8 nitrogen and oxygen atoms in total. The molecule has 2 aliphatic rings. The number of rotatable bonds is 5. The molecule has 0 saturated heterocycles. The number of sulfonamides is 1. The van der Waals surface area contributed by atoms with Crippen LogP contribution in [0.4, 0.5) is 5.82 Å². The van der Waals surface area contributed by atoms with Gasteiger partial charge in [0.05, 0.1) is 23.6 Å². The third-order valence-electron chi connectivity index (χ3n) is 5.61. The Labute approximate surface area is 198 Å². The Hall–Kier alpha value is -3.98. The number of nitrogens with one attached hydrogen (secondary N) is 1. The maximum Gasteiger partial charge on any atom is 0.260 e. The summed E-state index contributed by atoms with van der Waals surface area (Å²) in [5.41, 5.74) is 4.00. The van der Waals surface area contributed by atoms with E-state index >= 15 is 0 Å². The lowest BCUT2D eigenvalue weighted by molar-refractivity contribution is -0.112. The highest BCUT2D eigenvalue weighted by Gasteiger charge is 2.30. The Morgan fingerprint density at radius 2 is 1.91 bits per heavy atom. The van der Waals surface area contributed by atoms with E-state index in [1.807, 2.05) is 67.6 Å². The van der Waals surface area contributed by atoms with Crippen LogP contribution in [0, 0.1) is 6.92 Å². The molecule has 3 heterocycles. The predicted molar refractivity (Wildman–Crippen MR) is 132 cm³/mol. The average Bonchev–Trinajstić information content (AvgIpc) is 3.21. The third kappa shape index (κ3) is 4.55. The van der Waals surface area contributed by atoms with E-state index in [4.69, 9.17) is 5.10 Å². The van der Waals surface area contributed by atoms with Gasteiger partial charge in [-0.3, -0.25) is 4.79 Å². The first-order valence-corrected chi connectivity index (χ1v) is 12.5. The molecule has 5 rings (SSSR count). The van der Waals surface area contributed by atoms with E-state index in [0.717, 1.165) is 22.4 Å². The largest absolute Gasteiger partial charge is 0.331 e. The second-order valence-electron chi connectivity index (χ2n) is 8.20. The van der Waals surface area contributed by atoms with Crippen molar-refractivity contribution in [3.8, 4) is 11.3 Å². The standard InChI is InChI=1S/C25H23N5O3S/c1-18-7-5-10-20(15-18)22-16-23(30(27-22)17-19-8-3-2-4-9-19)26-25(31)21-11-6-12-29-13-14-34(32,33)28-24(21)29/h2-12,15-16H,13-14,17H2,1H3,(H,26,31). The smallest absolute Gasteiger partial charge is 0.260 e. The van der Waals surface area contributed by atoms with Crippen molar-refractivity contribution in [1.82, 2.24) is 14.7 Å². The molecule has 9 heteroatoms. The fourth-order valence-electron chi connectivity index (χ4n) is 3.92. The highest BCUT2D eigenvalue weighted by Crippen LogP contribution is 2.25. The number of hydrogen-bond acceptors (Lipinski definition) is 5. The second-order valence-corrected chi connectivity index (χ2v) is 9.95. The molecule has 0 saturated carbocycles. The molecule has 3 aromatic rings. The van der Waals surface area contributed by atoms with Gasteiger partial charge in [-0.25, -0.2) is 13.1 Å². The maximum atomic E-state index is 13.3. The van der Waals surface area contributed by atoms with Gasteiger partial charge in [0, 0.05) is 24.4 Å².